The van der Waals surface area contributed by atoms with Crippen LogP contribution >= 0.6 is 23.8 Å². The number of benzene rings is 1. The van der Waals surface area contributed by atoms with E-state index in [0.29, 0.717) is 22.5 Å². The highest BCUT2D eigenvalue weighted by Gasteiger charge is 2.01. The number of halogens is 1. The number of hydrogen-bond donors (Lipinski definition) is 2. The minimum atomic E-state index is 0.493. The first-order valence-corrected chi connectivity index (χ1v) is 6.95. The molecule has 6 heteroatoms. The van der Waals surface area contributed by atoms with Gasteiger partial charge in [0.2, 0.25) is 0 Å². The van der Waals surface area contributed by atoms with Crippen molar-refractivity contribution >= 4 is 35.1 Å². The normalized spacial score (nSPS) is 10.5. The van der Waals surface area contributed by atoms with Gasteiger partial charge in [0.15, 0.2) is 5.11 Å². The van der Waals surface area contributed by atoms with Gasteiger partial charge in [-0.3, -0.25) is 5.43 Å². The number of hydrogen-bond acceptors (Lipinski definition) is 3. The predicted molar refractivity (Wildman–Crippen MR) is 84.2 cm³/mol. The average Bonchev–Trinajstić information content (AvgIpc) is 2.38. The molecule has 0 aliphatic heterocycles. The van der Waals surface area contributed by atoms with Crippen molar-refractivity contribution in [2.45, 2.75) is 20.3 Å². The summed E-state index contributed by atoms with van der Waals surface area (Å²) in [5.41, 5.74) is 3.59. The molecular formula is C13H18ClN3OS. The fourth-order valence-electron chi connectivity index (χ4n) is 1.29. The molecule has 1 aromatic rings. The first kappa shape index (κ1) is 15.7. The maximum absolute atomic E-state index is 6.11. The summed E-state index contributed by atoms with van der Waals surface area (Å²) >= 11 is 11.1. The molecule has 2 N–H and O–H groups in total. The first-order valence-electron chi connectivity index (χ1n) is 6.16. The van der Waals surface area contributed by atoms with E-state index >= 15 is 0 Å². The molecule has 0 amide bonds. The minimum absolute atomic E-state index is 0.493. The molecule has 0 radical (unpaired) electrons. The molecule has 0 atom stereocenters. The third-order valence-corrected chi connectivity index (χ3v) is 2.67. The number of nitrogens with one attached hydrogen (secondary N) is 2. The van der Waals surface area contributed by atoms with Gasteiger partial charge in [0.1, 0.15) is 5.75 Å². The highest BCUT2D eigenvalue weighted by molar-refractivity contribution is 7.80. The Hall–Kier alpha value is -1.33. The molecule has 1 rings (SSSR count). The van der Waals surface area contributed by atoms with E-state index < -0.39 is 0 Å². The summed E-state index contributed by atoms with van der Waals surface area (Å²) in [6.07, 6.45) is 2.60. The van der Waals surface area contributed by atoms with Crippen LogP contribution in [0.5, 0.6) is 5.75 Å². The average molecular weight is 300 g/mol. The van der Waals surface area contributed by atoms with Crippen molar-refractivity contribution in [1.82, 2.24) is 10.7 Å². The van der Waals surface area contributed by atoms with Crippen molar-refractivity contribution < 1.29 is 4.74 Å². The third kappa shape index (κ3) is 5.89. The minimum Gasteiger partial charge on any atom is -0.492 e. The molecule has 0 spiro atoms. The van der Waals surface area contributed by atoms with Crippen LogP contribution in [0.3, 0.4) is 0 Å². The highest BCUT2D eigenvalue weighted by atomic mass is 35.5. The summed E-state index contributed by atoms with van der Waals surface area (Å²) < 4.78 is 5.49. The summed E-state index contributed by atoms with van der Waals surface area (Å²) in [5, 5.41) is 8.02. The van der Waals surface area contributed by atoms with Gasteiger partial charge in [-0.05, 0) is 49.3 Å². The van der Waals surface area contributed by atoms with Crippen LogP contribution in [-0.4, -0.2) is 24.5 Å². The number of ether oxygens (including phenoxy) is 1. The van der Waals surface area contributed by atoms with Gasteiger partial charge in [-0.25, -0.2) is 0 Å². The topological polar surface area (TPSA) is 45.6 Å². The molecule has 0 aliphatic rings. The quantitative estimate of drug-likeness (QED) is 0.482. The smallest absolute Gasteiger partial charge is 0.186 e. The molecular weight excluding hydrogens is 282 g/mol. The molecule has 19 heavy (non-hydrogen) atoms. The van der Waals surface area contributed by atoms with Gasteiger partial charge in [0.25, 0.3) is 0 Å². The van der Waals surface area contributed by atoms with Gasteiger partial charge < -0.3 is 10.1 Å². The Morgan fingerprint density at radius 2 is 2.26 bits per heavy atom. The Kier molecular flexibility index (Phi) is 7.22. The molecule has 0 bridgehead atoms. The van der Waals surface area contributed by atoms with E-state index in [1.165, 1.54) is 0 Å². The fourth-order valence-corrected chi connectivity index (χ4v) is 1.73. The second-order valence-electron chi connectivity index (χ2n) is 3.77. The predicted octanol–water partition coefficient (Wildman–Crippen LogP) is 2.95. The molecule has 0 fully saturated rings. The second-order valence-corrected chi connectivity index (χ2v) is 4.58. The van der Waals surface area contributed by atoms with Crippen LogP contribution in [0.4, 0.5) is 0 Å². The maximum atomic E-state index is 6.11. The summed E-state index contributed by atoms with van der Waals surface area (Å²) in [6, 6.07) is 5.52. The zero-order valence-electron chi connectivity index (χ0n) is 11.1. The third-order valence-electron chi connectivity index (χ3n) is 2.13. The molecule has 104 valence electrons. The lowest BCUT2D eigenvalue weighted by atomic mass is 10.2. The molecule has 0 saturated heterocycles. The monoisotopic (exact) mass is 299 g/mol. The van der Waals surface area contributed by atoms with Gasteiger partial charge in [0, 0.05) is 6.54 Å². The van der Waals surface area contributed by atoms with Crippen LogP contribution in [-0.2, 0) is 0 Å². The summed E-state index contributed by atoms with van der Waals surface area (Å²) in [7, 11) is 0. The van der Waals surface area contributed by atoms with E-state index in [-0.39, 0.29) is 0 Å². The Labute approximate surface area is 124 Å². The molecule has 0 saturated carbocycles. The summed E-state index contributed by atoms with van der Waals surface area (Å²) in [6.45, 7) is 5.43. The van der Waals surface area contributed by atoms with Crippen molar-refractivity contribution in [1.29, 1.82) is 0 Å². The SMILES string of the molecule is CCCOc1ccc(/C=N/NC(=S)NCC)cc1Cl. The summed E-state index contributed by atoms with van der Waals surface area (Å²) in [5.74, 6) is 0.691. The number of hydrazone groups is 1. The number of rotatable bonds is 6. The van der Waals surface area contributed by atoms with E-state index in [1.54, 1.807) is 12.3 Å². The Bertz CT molecular complexity index is 452. The molecule has 1 aromatic carbocycles. The Balaban J connectivity index is 2.57. The van der Waals surface area contributed by atoms with Gasteiger partial charge in [-0.2, -0.15) is 5.10 Å². The van der Waals surface area contributed by atoms with Gasteiger partial charge >= 0.3 is 0 Å². The van der Waals surface area contributed by atoms with Gasteiger partial charge in [0.05, 0.1) is 17.8 Å². The second kappa shape index (κ2) is 8.72. The zero-order valence-corrected chi connectivity index (χ0v) is 12.6. The summed E-state index contributed by atoms with van der Waals surface area (Å²) in [4.78, 5) is 0. The zero-order chi connectivity index (χ0) is 14.1. The molecule has 0 unspecified atom stereocenters. The van der Waals surface area contributed by atoms with Crippen LogP contribution in [0.25, 0.3) is 0 Å². The van der Waals surface area contributed by atoms with E-state index in [4.69, 9.17) is 28.6 Å². The standard InChI is InChI=1S/C13H18ClN3OS/c1-3-7-18-12-6-5-10(8-11(12)14)9-16-17-13(19)15-4-2/h5-6,8-9H,3-4,7H2,1-2H3,(H2,15,17,19)/b16-9+. The molecule has 0 aromatic heterocycles. The van der Waals surface area contributed by atoms with Gasteiger partial charge in [-0.15, -0.1) is 0 Å². The van der Waals surface area contributed by atoms with Crippen LogP contribution in [0.2, 0.25) is 5.02 Å². The van der Waals surface area contributed by atoms with Crippen molar-refractivity contribution in [2.75, 3.05) is 13.2 Å². The van der Waals surface area contributed by atoms with Crippen molar-refractivity contribution in [3.63, 3.8) is 0 Å². The van der Waals surface area contributed by atoms with Crippen molar-refractivity contribution in [2.24, 2.45) is 5.10 Å². The number of thiocarbonyl (C=S) groups is 1. The Morgan fingerprint density at radius 3 is 2.89 bits per heavy atom. The van der Waals surface area contributed by atoms with E-state index in [9.17, 15) is 0 Å². The van der Waals surface area contributed by atoms with Gasteiger partial charge in [-0.1, -0.05) is 18.5 Å². The van der Waals surface area contributed by atoms with Crippen LogP contribution in [0, 0.1) is 0 Å². The van der Waals surface area contributed by atoms with Crippen LogP contribution in [0.1, 0.15) is 25.8 Å². The van der Waals surface area contributed by atoms with Crippen molar-refractivity contribution in [3.05, 3.63) is 28.8 Å². The highest BCUT2D eigenvalue weighted by Crippen LogP contribution is 2.24. The largest absolute Gasteiger partial charge is 0.492 e. The van der Waals surface area contributed by atoms with Crippen LogP contribution < -0.4 is 15.5 Å². The number of nitrogens with zero attached hydrogens (tertiary/aromatic N) is 1. The lowest BCUT2D eigenvalue weighted by molar-refractivity contribution is 0.317. The van der Waals surface area contributed by atoms with Crippen molar-refractivity contribution in [3.8, 4) is 5.75 Å². The Morgan fingerprint density at radius 1 is 1.47 bits per heavy atom. The lowest BCUT2D eigenvalue weighted by Gasteiger charge is -2.07. The molecule has 4 nitrogen and oxygen atoms in total. The lowest BCUT2D eigenvalue weighted by Crippen LogP contribution is -2.31. The molecule has 0 heterocycles. The fraction of sp³-hybridized carbons (Fsp3) is 0.385. The van der Waals surface area contributed by atoms with E-state index in [0.717, 1.165) is 18.5 Å². The van der Waals surface area contributed by atoms with E-state index in [1.807, 2.05) is 26.0 Å². The van der Waals surface area contributed by atoms with E-state index in [2.05, 4.69) is 15.8 Å². The molecule has 0 aliphatic carbocycles. The van der Waals surface area contributed by atoms with Crippen LogP contribution in [0.15, 0.2) is 23.3 Å². The first-order chi connectivity index (χ1) is 9.17. The maximum Gasteiger partial charge on any atom is 0.186 e.